The molecule has 0 atom stereocenters. The molecule has 0 fully saturated rings. The number of nitrogens with two attached hydrogens (primary N) is 1. The van der Waals surface area contributed by atoms with E-state index in [4.69, 9.17) is 5.73 Å². The van der Waals surface area contributed by atoms with E-state index in [0.717, 1.165) is 23.3 Å². The number of carbonyl (C=O) groups is 1. The molecule has 19 heavy (non-hydrogen) atoms. The normalized spacial score (nSPS) is 10.8. The summed E-state index contributed by atoms with van der Waals surface area (Å²) in [7, 11) is 0. The van der Waals surface area contributed by atoms with E-state index in [1.165, 1.54) is 0 Å². The lowest BCUT2D eigenvalue weighted by Gasteiger charge is -2.06. The van der Waals surface area contributed by atoms with Crippen LogP contribution in [0.5, 0.6) is 0 Å². The van der Waals surface area contributed by atoms with Crippen LogP contribution >= 0.6 is 0 Å². The predicted molar refractivity (Wildman–Crippen MR) is 74.6 cm³/mol. The molecule has 0 aliphatic carbocycles. The SMILES string of the molecule is CCCNC(=O)CCn1c(N)nc2ccc(C)nc21. The molecule has 102 valence electrons. The molecule has 0 aromatic carbocycles. The molecule has 0 saturated heterocycles. The van der Waals surface area contributed by atoms with Crippen molar-refractivity contribution in [3.63, 3.8) is 0 Å². The van der Waals surface area contributed by atoms with Crippen molar-refractivity contribution in [1.82, 2.24) is 19.9 Å². The number of hydrogen-bond donors (Lipinski definition) is 2. The highest BCUT2D eigenvalue weighted by Crippen LogP contribution is 2.16. The van der Waals surface area contributed by atoms with E-state index in [1.807, 2.05) is 26.0 Å². The Kier molecular flexibility index (Phi) is 3.99. The smallest absolute Gasteiger partial charge is 0.221 e. The molecule has 1 amide bonds. The van der Waals surface area contributed by atoms with Gasteiger partial charge in [-0.2, -0.15) is 0 Å². The highest BCUT2D eigenvalue weighted by molar-refractivity contribution is 5.77. The molecule has 2 aromatic rings. The number of fused-ring (bicyclic) bond motifs is 1. The molecule has 2 aromatic heterocycles. The van der Waals surface area contributed by atoms with Crippen LogP contribution in [0.15, 0.2) is 12.1 Å². The van der Waals surface area contributed by atoms with Gasteiger partial charge in [-0.15, -0.1) is 0 Å². The first-order valence-electron chi connectivity index (χ1n) is 6.48. The van der Waals surface area contributed by atoms with Crippen LogP contribution in [0.4, 0.5) is 5.95 Å². The topological polar surface area (TPSA) is 85.8 Å². The Balaban J connectivity index is 2.13. The summed E-state index contributed by atoms with van der Waals surface area (Å²) in [4.78, 5) is 20.3. The van der Waals surface area contributed by atoms with Crippen molar-refractivity contribution < 1.29 is 4.79 Å². The van der Waals surface area contributed by atoms with Gasteiger partial charge in [-0.05, 0) is 25.5 Å². The number of rotatable bonds is 5. The summed E-state index contributed by atoms with van der Waals surface area (Å²) < 4.78 is 1.79. The maximum Gasteiger partial charge on any atom is 0.221 e. The molecule has 0 saturated carbocycles. The van der Waals surface area contributed by atoms with E-state index < -0.39 is 0 Å². The Morgan fingerprint density at radius 3 is 2.95 bits per heavy atom. The average Bonchev–Trinajstić information content (AvgIpc) is 2.69. The molecule has 0 aliphatic rings. The Labute approximate surface area is 112 Å². The van der Waals surface area contributed by atoms with E-state index in [1.54, 1.807) is 4.57 Å². The van der Waals surface area contributed by atoms with Crippen LogP contribution in [-0.4, -0.2) is 27.0 Å². The Morgan fingerprint density at radius 1 is 1.42 bits per heavy atom. The Hall–Kier alpha value is -2.11. The molecular weight excluding hydrogens is 242 g/mol. The minimum Gasteiger partial charge on any atom is -0.369 e. The van der Waals surface area contributed by atoms with Gasteiger partial charge in [0.05, 0.1) is 0 Å². The van der Waals surface area contributed by atoms with Crippen LogP contribution in [-0.2, 0) is 11.3 Å². The van der Waals surface area contributed by atoms with Gasteiger partial charge in [-0.1, -0.05) is 6.92 Å². The van der Waals surface area contributed by atoms with Crippen molar-refractivity contribution in [2.45, 2.75) is 33.2 Å². The number of imidazole rings is 1. The maximum atomic E-state index is 11.6. The number of pyridine rings is 1. The third-order valence-corrected chi connectivity index (χ3v) is 2.90. The highest BCUT2D eigenvalue weighted by Gasteiger charge is 2.10. The molecule has 0 bridgehead atoms. The van der Waals surface area contributed by atoms with Gasteiger partial charge >= 0.3 is 0 Å². The fraction of sp³-hybridized carbons (Fsp3) is 0.462. The second-order valence-electron chi connectivity index (χ2n) is 4.52. The molecule has 0 spiro atoms. The molecule has 6 heteroatoms. The van der Waals surface area contributed by atoms with E-state index in [9.17, 15) is 4.79 Å². The number of anilines is 1. The second-order valence-corrected chi connectivity index (χ2v) is 4.52. The van der Waals surface area contributed by atoms with Crippen LogP contribution in [0.2, 0.25) is 0 Å². The van der Waals surface area contributed by atoms with Crippen LogP contribution in [0, 0.1) is 6.92 Å². The summed E-state index contributed by atoms with van der Waals surface area (Å²) in [6.07, 6.45) is 1.31. The zero-order chi connectivity index (χ0) is 13.8. The zero-order valence-corrected chi connectivity index (χ0v) is 11.3. The average molecular weight is 261 g/mol. The van der Waals surface area contributed by atoms with E-state index in [2.05, 4.69) is 15.3 Å². The van der Waals surface area contributed by atoms with Crippen molar-refractivity contribution in [2.24, 2.45) is 0 Å². The number of nitrogen functional groups attached to an aromatic ring is 1. The third kappa shape index (κ3) is 3.01. The summed E-state index contributed by atoms with van der Waals surface area (Å²) >= 11 is 0. The molecule has 0 unspecified atom stereocenters. The van der Waals surface area contributed by atoms with Gasteiger partial charge in [0.25, 0.3) is 0 Å². The number of nitrogens with one attached hydrogen (secondary N) is 1. The number of carbonyl (C=O) groups excluding carboxylic acids is 1. The maximum absolute atomic E-state index is 11.6. The van der Waals surface area contributed by atoms with Gasteiger partial charge in [0, 0.05) is 25.2 Å². The number of aromatic nitrogens is 3. The number of nitrogens with zero attached hydrogens (tertiary/aromatic N) is 3. The Morgan fingerprint density at radius 2 is 2.21 bits per heavy atom. The van der Waals surface area contributed by atoms with E-state index >= 15 is 0 Å². The van der Waals surface area contributed by atoms with Gasteiger partial charge in [0.2, 0.25) is 11.9 Å². The van der Waals surface area contributed by atoms with Gasteiger partial charge < -0.3 is 11.1 Å². The first-order chi connectivity index (χ1) is 9.11. The predicted octanol–water partition coefficient (Wildman–Crippen LogP) is 1.24. The fourth-order valence-corrected chi connectivity index (χ4v) is 1.90. The van der Waals surface area contributed by atoms with Crippen LogP contribution in [0.1, 0.15) is 25.5 Å². The first-order valence-corrected chi connectivity index (χ1v) is 6.48. The molecular formula is C13H19N5O. The van der Waals surface area contributed by atoms with Gasteiger partial charge in [0.1, 0.15) is 5.52 Å². The third-order valence-electron chi connectivity index (χ3n) is 2.90. The lowest BCUT2D eigenvalue weighted by atomic mass is 10.3. The summed E-state index contributed by atoms with van der Waals surface area (Å²) in [6, 6.07) is 3.79. The zero-order valence-electron chi connectivity index (χ0n) is 11.3. The minimum absolute atomic E-state index is 0.0238. The van der Waals surface area contributed by atoms with E-state index in [0.29, 0.717) is 25.5 Å². The molecule has 2 rings (SSSR count). The molecule has 0 aliphatic heterocycles. The molecule has 3 N–H and O–H groups in total. The molecule has 2 heterocycles. The highest BCUT2D eigenvalue weighted by atomic mass is 16.1. The Bertz CT molecular complexity index is 590. The van der Waals surface area contributed by atoms with E-state index in [-0.39, 0.29) is 5.91 Å². The lowest BCUT2D eigenvalue weighted by Crippen LogP contribution is -2.25. The van der Waals surface area contributed by atoms with Crippen LogP contribution in [0.25, 0.3) is 11.2 Å². The van der Waals surface area contributed by atoms with Crippen LogP contribution < -0.4 is 11.1 Å². The second kappa shape index (κ2) is 5.69. The number of hydrogen-bond acceptors (Lipinski definition) is 4. The van der Waals surface area contributed by atoms with Gasteiger partial charge in [-0.25, -0.2) is 9.97 Å². The van der Waals surface area contributed by atoms with Gasteiger partial charge in [-0.3, -0.25) is 9.36 Å². The number of aryl methyl sites for hydroxylation is 2. The quantitative estimate of drug-likeness (QED) is 0.847. The standard InChI is InChI=1S/C13H19N5O/c1-3-7-15-11(19)6-8-18-12-10(17-13(18)14)5-4-9(2)16-12/h4-5H,3,6-8H2,1-2H3,(H2,14,17)(H,15,19). The summed E-state index contributed by atoms with van der Waals surface area (Å²) in [5.74, 6) is 0.423. The monoisotopic (exact) mass is 261 g/mol. The first kappa shape index (κ1) is 13.3. The molecule has 0 radical (unpaired) electrons. The summed E-state index contributed by atoms with van der Waals surface area (Å²) in [6.45, 7) is 5.14. The largest absolute Gasteiger partial charge is 0.369 e. The van der Waals surface area contributed by atoms with Crippen LogP contribution in [0.3, 0.4) is 0 Å². The van der Waals surface area contributed by atoms with Crippen molar-refractivity contribution in [2.75, 3.05) is 12.3 Å². The minimum atomic E-state index is 0.0238. The summed E-state index contributed by atoms with van der Waals surface area (Å²) in [5.41, 5.74) is 8.27. The molecule has 6 nitrogen and oxygen atoms in total. The van der Waals surface area contributed by atoms with Gasteiger partial charge in [0.15, 0.2) is 5.65 Å². The summed E-state index contributed by atoms with van der Waals surface area (Å²) in [5, 5.41) is 2.84. The fourth-order valence-electron chi connectivity index (χ4n) is 1.90. The number of amides is 1. The van der Waals surface area contributed by atoms with Crippen molar-refractivity contribution >= 4 is 23.0 Å². The lowest BCUT2D eigenvalue weighted by molar-refractivity contribution is -0.121. The van der Waals surface area contributed by atoms with Crippen molar-refractivity contribution in [1.29, 1.82) is 0 Å². The van der Waals surface area contributed by atoms with Crippen molar-refractivity contribution in [3.8, 4) is 0 Å². The van der Waals surface area contributed by atoms with Crippen molar-refractivity contribution in [3.05, 3.63) is 17.8 Å².